The number of aryl methyl sites for hydroxylation is 1. The molecule has 0 fully saturated rings. The lowest BCUT2D eigenvalue weighted by Crippen LogP contribution is -2.08. The maximum absolute atomic E-state index is 5.51. The standard InChI is InChI=1S/C10H13N3O/c1-11-6-3-5-9-13-10-8(14-9)4-2-7-12-10/h2,4,7,11H,3,5-6H2,1H3. The van der Waals surface area contributed by atoms with Crippen molar-refractivity contribution in [3.05, 3.63) is 24.2 Å². The van der Waals surface area contributed by atoms with Gasteiger partial charge in [0.15, 0.2) is 17.1 Å². The lowest BCUT2D eigenvalue weighted by Gasteiger charge is -1.94. The first-order valence-corrected chi connectivity index (χ1v) is 4.75. The number of nitrogens with one attached hydrogen (secondary N) is 1. The van der Waals surface area contributed by atoms with Crippen molar-refractivity contribution in [2.24, 2.45) is 0 Å². The summed E-state index contributed by atoms with van der Waals surface area (Å²) in [4.78, 5) is 8.39. The zero-order valence-electron chi connectivity index (χ0n) is 8.16. The summed E-state index contributed by atoms with van der Waals surface area (Å²) in [5.41, 5.74) is 1.47. The smallest absolute Gasteiger partial charge is 0.198 e. The van der Waals surface area contributed by atoms with E-state index >= 15 is 0 Å². The molecule has 1 N–H and O–H groups in total. The topological polar surface area (TPSA) is 51.0 Å². The summed E-state index contributed by atoms with van der Waals surface area (Å²) in [5.74, 6) is 0.772. The van der Waals surface area contributed by atoms with E-state index in [2.05, 4.69) is 15.3 Å². The molecule has 0 unspecified atom stereocenters. The molecular weight excluding hydrogens is 178 g/mol. The molecule has 0 spiro atoms. The summed E-state index contributed by atoms with van der Waals surface area (Å²) < 4.78 is 5.51. The van der Waals surface area contributed by atoms with Crippen LogP contribution in [0.4, 0.5) is 0 Å². The predicted molar refractivity (Wildman–Crippen MR) is 54.1 cm³/mol. The second-order valence-corrected chi connectivity index (χ2v) is 3.14. The van der Waals surface area contributed by atoms with Crippen molar-refractivity contribution >= 4 is 11.2 Å². The van der Waals surface area contributed by atoms with Gasteiger partial charge in [0.1, 0.15) is 0 Å². The Labute approximate surface area is 82.4 Å². The molecule has 4 heteroatoms. The Bertz CT molecular complexity index is 377. The van der Waals surface area contributed by atoms with Crippen molar-refractivity contribution in [1.29, 1.82) is 0 Å². The number of aromatic nitrogens is 2. The van der Waals surface area contributed by atoms with Gasteiger partial charge in [-0.15, -0.1) is 0 Å². The van der Waals surface area contributed by atoms with Crippen molar-refractivity contribution in [2.75, 3.05) is 13.6 Å². The van der Waals surface area contributed by atoms with Crippen LogP contribution in [-0.2, 0) is 6.42 Å². The van der Waals surface area contributed by atoms with Gasteiger partial charge in [0.25, 0.3) is 0 Å². The molecule has 14 heavy (non-hydrogen) atoms. The van der Waals surface area contributed by atoms with E-state index < -0.39 is 0 Å². The largest absolute Gasteiger partial charge is 0.439 e. The minimum Gasteiger partial charge on any atom is -0.439 e. The van der Waals surface area contributed by atoms with Crippen molar-refractivity contribution in [2.45, 2.75) is 12.8 Å². The highest BCUT2D eigenvalue weighted by Crippen LogP contribution is 2.12. The molecule has 0 aliphatic carbocycles. The highest BCUT2D eigenvalue weighted by atomic mass is 16.3. The van der Waals surface area contributed by atoms with Crippen LogP contribution in [0.25, 0.3) is 11.2 Å². The first kappa shape index (κ1) is 9.15. The third-order valence-electron chi connectivity index (χ3n) is 2.03. The van der Waals surface area contributed by atoms with Crippen LogP contribution in [0.2, 0.25) is 0 Å². The fraction of sp³-hybridized carbons (Fsp3) is 0.400. The van der Waals surface area contributed by atoms with Gasteiger partial charge < -0.3 is 9.73 Å². The number of pyridine rings is 1. The van der Waals surface area contributed by atoms with Gasteiger partial charge in [0.05, 0.1) is 0 Å². The van der Waals surface area contributed by atoms with Crippen LogP contribution < -0.4 is 5.32 Å². The van der Waals surface area contributed by atoms with E-state index in [-0.39, 0.29) is 0 Å². The number of fused-ring (bicyclic) bond motifs is 1. The Morgan fingerprint density at radius 1 is 1.50 bits per heavy atom. The van der Waals surface area contributed by atoms with E-state index in [9.17, 15) is 0 Å². The predicted octanol–water partition coefficient (Wildman–Crippen LogP) is 1.37. The third-order valence-corrected chi connectivity index (χ3v) is 2.03. The molecule has 2 aromatic rings. The summed E-state index contributed by atoms with van der Waals surface area (Å²) in [6.45, 7) is 0.978. The van der Waals surface area contributed by atoms with Gasteiger partial charge in [0, 0.05) is 12.6 Å². The van der Waals surface area contributed by atoms with E-state index in [1.54, 1.807) is 6.20 Å². The molecular formula is C10H13N3O. The Morgan fingerprint density at radius 2 is 2.43 bits per heavy atom. The van der Waals surface area contributed by atoms with E-state index in [4.69, 9.17) is 4.42 Å². The summed E-state index contributed by atoms with van der Waals surface area (Å²) in [7, 11) is 1.94. The summed E-state index contributed by atoms with van der Waals surface area (Å²) in [5, 5.41) is 3.09. The summed E-state index contributed by atoms with van der Waals surface area (Å²) in [6, 6.07) is 3.74. The molecule has 74 valence electrons. The Balaban J connectivity index is 2.11. The van der Waals surface area contributed by atoms with Gasteiger partial charge in [0.2, 0.25) is 0 Å². The zero-order valence-corrected chi connectivity index (χ0v) is 8.16. The fourth-order valence-corrected chi connectivity index (χ4v) is 1.34. The minimum atomic E-state index is 0.701. The van der Waals surface area contributed by atoms with Crippen molar-refractivity contribution in [3.63, 3.8) is 0 Å². The summed E-state index contributed by atoms with van der Waals surface area (Å²) in [6.07, 6.45) is 3.61. The van der Waals surface area contributed by atoms with Crippen LogP contribution in [0.15, 0.2) is 22.7 Å². The molecule has 0 atom stereocenters. The van der Waals surface area contributed by atoms with Crippen LogP contribution in [-0.4, -0.2) is 23.6 Å². The summed E-state index contributed by atoms with van der Waals surface area (Å²) >= 11 is 0. The number of hydrogen-bond donors (Lipinski definition) is 1. The second-order valence-electron chi connectivity index (χ2n) is 3.14. The van der Waals surface area contributed by atoms with E-state index in [1.807, 2.05) is 19.2 Å². The van der Waals surface area contributed by atoms with Gasteiger partial charge >= 0.3 is 0 Å². The molecule has 2 rings (SSSR count). The average Bonchev–Trinajstić information content (AvgIpc) is 2.60. The van der Waals surface area contributed by atoms with Gasteiger partial charge in [-0.3, -0.25) is 0 Å². The van der Waals surface area contributed by atoms with E-state index in [0.29, 0.717) is 5.65 Å². The molecule has 2 heterocycles. The highest BCUT2D eigenvalue weighted by molar-refractivity contribution is 5.66. The van der Waals surface area contributed by atoms with Crippen LogP contribution >= 0.6 is 0 Å². The molecule has 0 saturated carbocycles. The molecule has 0 aliphatic heterocycles. The molecule has 4 nitrogen and oxygen atoms in total. The first-order valence-electron chi connectivity index (χ1n) is 4.75. The number of rotatable bonds is 4. The third kappa shape index (κ3) is 1.90. The molecule has 0 amide bonds. The first-order chi connectivity index (χ1) is 6.90. The number of oxazole rings is 1. The highest BCUT2D eigenvalue weighted by Gasteiger charge is 2.04. The van der Waals surface area contributed by atoms with Gasteiger partial charge in [-0.05, 0) is 32.1 Å². The second kappa shape index (κ2) is 4.19. The molecule has 0 saturated heterocycles. The molecule has 0 radical (unpaired) electrons. The van der Waals surface area contributed by atoms with Crippen LogP contribution in [0, 0.1) is 0 Å². The van der Waals surface area contributed by atoms with Crippen molar-refractivity contribution in [1.82, 2.24) is 15.3 Å². The zero-order chi connectivity index (χ0) is 9.80. The maximum Gasteiger partial charge on any atom is 0.198 e. The molecule has 0 aliphatic rings. The maximum atomic E-state index is 5.51. The number of nitrogens with zero attached hydrogens (tertiary/aromatic N) is 2. The average molecular weight is 191 g/mol. The quantitative estimate of drug-likeness (QED) is 0.742. The van der Waals surface area contributed by atoms with Gasteiger partial charge in [-0.25, -0.2) is 4.98 Å². The fourth-order valence-electron chi connectivity index (χ4n) is 1.34. The number of hydrogen-bond acceptors (Lipinski definition) is 4. The van der Waals surface area contributed by atoms with Crippen LogP contribution in [0.3, 0.4) is 0 Å². The van der Waals surface area contributed by atoms with E-state index in [1.165, 1.54) is 0 Å². The van der Waals surface area contributed by atoms with Gasteiger partial charge in [-0.1, -0.05) is 0 Å². The van der Waals surface area contributed by atoms with Crippen LogP contribution in [0.5, 0.6) is 0 Å². The van der Waals surface area contributed by atoms with Crippen LogP contribution in [0.1, 0.15) is 12.3 Å². The Morgan fingerprint density at radius 3 is 3.21 bits per heavy atom. The molecule has 2 aromatic heterocycles. The molecule has 0 bridgehead atoms. The lowest BCUT2D eigenvalue weighted by atomic mass is 10.3. The van der Waals surface area contributed by atoms with E-state index in [0.717, 1.165) is 30.9 Å². The van der Waals surface area contributed by atoms with Crippen molar-refractivity contribution < 1.29 is 4.42 Å². The molecule has 0 aromatic carbocycles. The SMILES string of the molecule is CNCCCc1nc2ncccc2o1. The Kier molecular flexibility index (Phi) is 2.74. The van der Waals surface area contributed by atoms with Crippen molar-refractivity contribution in [3.8, 4) is 0 Å². The monoisotopic (exact) mass is 191 g/mol. The minimum absolute atomic E-state index is 0.701. The Hall–Kier alpha value is -1.42. The van der Waals surface area contributed by atoms with Gasteiger partial charge in [-0.2, -0.15) is 4.98 Å². The lowest BCUT2D eigenvalue weighted by molar-refractivity contribution is 0.516. The normalized spacial score (nSPS) is 10.9.